The molecule has 0 unspecified atom stereocenters. The fraction of sp³-hybridized carbons (Fsp3) is 0.464. The summed E-state index contributed by atoms with van der Waals surface area (Å²) in [5, 5.41) is 18.7. The molecule has 0 bridgehead atoms. The van der Waals surface area contributed by atoms with Crippen LogP contribution in [-0.2, 0) is 37.3 Å². The number of rotatable bonds is 11. The number of anilines is 1. The summed E-state index contributed by atoms with van der Waals surface area (Å²) < 4.78 is 16.5. The van der Waals surface area contributed by atoms with Gasteiger partial charge in [-0.1, -0.05) is 0 Å². The molecule has 0 radical (unpaired) electrons. The van der Waals surface area contributed by atoms with Gasteiger partial charge < -0.3 is 34.6 Å². The zero-order valence-electron chi connectivity index (χ0n) is 25.3. The van der Waals surface area contributed by atoms with Crippen LogP contribution in [-0.4, -0.2) is 90.8 Å². The van der Waals surface area contributed by atoms with E-state index in [0.29, 0.717) is 92.8 Å². The Labute approximate surface area is 253 Å². The number of fused-ring (bicyclic) bond motifs is 2. The van der Waals surface area contributed by atoms with Gasteiger partial charge in [0.2, 0.25) is 11.9 Å². The Hall–Kier alpha value is -4.99. The monoisotopic (exact) mass is 607 g/mol. The molecule has 0 saturated carbocycles. The van der Waals surface area contributed by atoms with Gasteiger partial charge in [-0.05, 0) is 38.5 Å². The van der Waals surface area contributed by atoms with Crippen LogP contribution < -0.4 is 21.1 Å². The summed E-state index contributed by atoms with van der Waals surface area (Å²) in [6.07, 6.45) is 1.18. The highest BCUT2D eigenvalue weighted by Crippen LogP contribution is 2.31. The quantitative estimate of drug-likeness (QED) is 0.211. The Morgan fingerprint density at radius 2 is 2.00 bits per heavy atom. The van der Waals surface area contributed by atoms with Crippen LogP contribution in [0.2, 0.25) is 0 Å². The second-order valence-corrected chi connectivity index (χ2v) is 10.4. The van der Waals surface area contributed by atoms with E-state index in [4.69, 9.17) is 15.2 Å². The fourth-order valence-corrected chi connectivity index (χ4v) is 5.18. The number of nitrogens with zero attached hydrogens (tertiary/aromatic N) is 8. The lowest BCUT2D eigenvalue weighted by atomic mass is 10.1. The molecule has 4 aromatic rings. The summed E-state index contributed by atoms with van der Waals surface area (Å²) in [6, 6.07) is 4.54. The van der Waals surface area contributed by atoms with Crippen molar-refractivity contribution in [3.63, 3.8) is 0 Å². The van der Waals surface area contributed by atoms with Gasteiger partial charge >= 0.3 is 6.03 Å². The van der Waals surface area contributed by atoms with Crippen LogP contribution in [0.5, 0.6) is 5.75 Å². The molecule has 4 amide bonds. The van der Waals surface area contributed by atoms with Crippen molar-refractivity contribution < 1.29 is 23.9 Å². The van der Waals surface area contributed by atoms with Crippen LogP contribution in [0.3, 0.4) is 0 Å². The first-order chi connectivity index (χ1) is 21.2. The van der Waals surface area contributed by atoms with Crippen molar-refractivity contribution in [1.29, 1.82) is 0 Å². The molecule has 1 aliphatic heterocycles. The van der Waals surface area contributed by atoms with Gasteiger partial charge in [0.25, 0.3) is 5.91 Å². The summed E-state index contributed by atoms with van der Waals surface area (Å²) in [5.74, 6) is 1.18. The SMILES string of the molecule is CCn1nc(C)cc1C(=O)Nc1nc2cc(C(N)=O)cc(OC)c2n1CCCNC(=O)N(C)Cc1nnc2n1CCOCC2. The molecular formula is C28H37N11O5. The van der Waals surface area contributed by atoms with Gasteiger partial charge in [-0.15, -0.1) is 10.2 Å². The summed E-state index contributed by atoms with van der Waals surface area (Å²) >= 11 is 0. The third-order valence-corrected chi connectivity index (χ3v) is 7.36. The van der Waals surface area contributed by atoms with E-state index in [1.807, 2.05) is 18.4 Å². The smallest absolute Gasteiger partial charge is 0.317 e. The molecule has 1 aliphatic rings. The Morgan fingerprint density at radius 3 is 2.75 bits per heavy atom. The number of benzene rings is 1. The van der Waals surface area contributed by atoms with Crippen LogP contribution in [0, 0.1) is 6.92 Å². The van der Waals surface area contributed by atoms with Gasteiger partial charge in [0, 0.05) is 45.2 Å². The molecule has 16 heteroatoms. The highest BCUT2D eigenvalue weighted by atomic mass is 16.5. The van der Waals surface area contributed by atoms with Gasteiger partial charge in [-0.3, -0.25) is 19.6 Å². The number of aromatic nitrogens is 7. The number of aryl methyl sites for hydroxylation is 3. The second kappa shape index (κ2) is 13.1. The normalized spacial score (nSPS) is 12.9. The van der Waals surface area contributed by atoms with E-state index in [9.17, 15) is 14.4 Å². The fourth-order valence-electron chi connectivity index (χ4n) is 5.18. The van der Waals surface area contributed by atoms with Crippen molar-refractivity contribution >= 4 is 34.8 Å². The van der Waals surface area contributed by atoms with Crippen molar-refractivity contribution in [2.75, 3.05) is 39.2 Å². The van der Waals surface area contributed by atoms with Gasteiger partial charge in [0.1, 0.15) is 22.8 Å². The minimum Gasteiger partial charge on any atom is -0.494 e. The number of amides is 4. The average Bonchev–Trinajstić information content (AvgIpc) is 3.62. The van der Waals surface area contributed by atoms with Crippen LogP contribution in [0.15, 0.2) is 18.2 Å². The third-order valence-electron chi connectivity index (χ3n) is 7.36. The molecule has 0 saturated heterocycles. The van der Waals surface area contributed by atoms with E-state index in [1.165, 1.54) is 13.2 Å². The molecule has 0 spiro atoms. The lowest BCUT2D eigenvalue weighted by molar-refractivity contribution is 0.0995. The van der Waals surface area contributed by atoms with E-state index in [1.54, 1.807) is 33.3 Å². The Morgan fingerprint density at radius 1 is 1.18 bits per heavy atom. The van der Waals surface area contributed by atoms with Crippen molar-refractivity contribution in [3.8, 4) is 5.75 Å². The van der Waals surface area contributed by atoms with E-state index in [2.05, 4.69) is 30.9 Å². The van der Waals surface area contributed by atoms with Crippen molar-refractivity contribution in [2.24, 2.45) is 5.73 Å². The van der Waals surface area contributed by atoms with E-state index in [-0.39, 0.29) is 23.5 Å². The van der Waals surface area contributed by atoms with Crippen LogP contribution in [0.4, 0.5) is 10.7 Å². The molecule has 0 atom stereocenters. The zero-order valence-corrected chi connectivity index (χ0v) is 25.3. The predicted octanol–water partition coefficient (Wildman–Crippen LogP) is 1.32. The van der Waals surface area contributed by atoms with Crippen LogP contribution in [0.25, 0.3) is 11.0 Å². The largest absolute Gasteiger partial charge is 0.494 e. The summed E-state index contributed by atoms with van der Waals surface area (Å²) in [5.41, 5.74) is 7.86. The minimum atomic E-state index is -0.630. The van der Waals surface area contributed by atoms with Crippen molar-refractivity contribution in [1.82, 2.24) is 44.3 Å². The number of urea groups is 1. The van der Waals surface area contributed by atoms with Gasteiger partial charge in [0.15, 0.2) is 5.82 Å². The number of imidazole rings is 1. The third kappa shape index (κ3) is 6.34. The first-order valence-electron chi connectivity index (χ1n) is 14.4. The van der Waals surface area contributed by atoms with Gasteiger partial charge in [-0.2, -0.15) is 5.10 Å². The Kier molecular flexibility index (Phi) is 9.08. The number of hydrogen-bond donors (Lipinski definition) is 3. The molecule has 4 heterocycles. The Bertz CT molecular complexity index is 1690. The molecule has 1 aromatic carbocycles. The summed E-state index contributed by atoms with van der Waals surface area (Å²) in [4.78, 5) is 44.3. The zero-order chi connectivity index (χ0) is 31.4. The molecule has 16 nitrogen and oxygen atoms in total. The van der Waals surface area contributed by atoms with E-state index >= 15 is 0 Å². The van der Waals surface area contributed by atoms with Crippen LogP contribution in [0.1, 0.15) is 51.5 Å². The predicted molar refractivity (Wildman–Crippen MR) is 159 cm³/mol. The lowest BCUT2D eigenvalue weighted by Gasteiger charge is -2.18. The number of ether oxygens (including phenoxy) is 2. The molecule has 234 valence electrons. The maximum atomic E-state index is 13.3. The van der Waals surface area contributed by atoms with Gasteiger partial charge in [-0.25, -0.2) is 9.78 Å². The summed E-state index contributed by atoms with van der Waals surface area (Å²) in [7, 11) is 3.18. The summed E-state index contributed by atoms with van der Waals surface area (Å²) in [6.45, 7) is 7.07. The molecular weight excluding hydrogens is 570 g/mol. The highest BCUT2D eigenvalue weighted by molar-refractivity contribution is 6.04. The molecule has 5 rings (SSSR count). The highest BCUT2D eigenvalue weighted by Gasteiger charge is 2.22. The van der Waals surface area contributed by atoms with E-state index < -0.39 is 5.91 Å². The first kappa shape index (κ1) is 30.5. The second-order valence-electron chi connectivity index (χ2n) is 10.4. The van der Waals surface area contributed by atoms with Gasteiger partial charge in [0.05, 0.1) is 38.1 Å². The number of nitrogens with one attached hydrogen (secondary N) is 2. The number of carbonyl (C=O) groups excluding carboxylic acids is 3. The number of carbonyl (C=O) groups is 3. The molecule has 3 aromatic heterocycles. The molecule has 0 aliphatic carbocycles. The maximum Gasteiger partial charge on any atom is 0.317 e. The lowest BCUT2D eigenvalue weighted by Crippen LogP contribution is -2.38. The number of hydrogen-bond acceptors (Lipinski definition) is 9. The Balaban J connectivity index is 1.31. The topological polar surface area (TPSA) is 189 Å². The average molecular weight is 608 g/mol. The van der Waals surface area contributed by atoms with Crippen molar-refractivity contribution in [2.45, 2.75) is 52.9 Å². The standard InChI is InChI=1S/C28H37N11O5/c1-5-39-20(13-17(2)35-39)26(41)32-27-31-19-14-18(25(29)40)15-21(43-4)24(19)38(27)9-6-8-30-28(42)36(3)16-23-34-33-22-7-11-44-12-10-37(22)23/h13-15H,5-12,16H2,1-4H3,(H2,29,40)(H,30,42)(H,31,32,41). The van der Waals surface area contributed by atoms with Crippen molar-refractivity contribution in [3.05, 3.63) is 46.8 Å². The molecule has 44 heavy (non-hydrogen) atoms. The first-order valence-corrected chi connectivity index (χ1v) is 14.4. The number of primary amides is 1. The molecule has 4 N–H and O–H groups in total. The number of methoxy groups -OCH3 is 1. The number of nitrogens with two attached hydrogens (primary N) is 1. The van der Waals surface area contributed by atoms with E-state index in [0.717, 1.165) is 5.82 Å². The minimum absolute atomic E-state index is 0.226. The molecule has 0 fully saturated rings. The van der Waals surface area contributed by atoms with Crippen LogP contribution >= 0.6 is 0 Å². The maximum absolute atomic E-state index is 13.3.